The van der Waals surface area contributed by atoms with Gasteiger partial charge in [0.15, 0.2) is 0 Å². The van der Waals surface area contributed by atoms with Crippen LogP contribution in [0.2, 0.25) is 0 Å². The van der Waals surface area contributed by atoms with Gasteiger partial charge in [0.1, 0.15) is 5.82 Å². The number of urea groups is 1. The Balaban J connectivity index is 1.94. The molecule has 1 N–H and O–H groups in total. The average molecular weight is 393 g/mol. The van der Waals surface area contributed by atoms with Crippen molar-refractivity contribution in [2.24, 2.45) is 0 Å². The van der Waals surface area contributed by atoms with Crippen LogP contribution in [0.3, 0.4) is 0 Å². The van der Waals surface area contributed by atoms with Crippen molar-refractivity contribution in [2.75, 3.05) is 11.9 Å². The van der Waals surface area contributed by atoms with Gasteiger partial charge in [0.2, 0.25) is 0 Å². The van der Waals surface area contributed by atoms with E-state index in [2.05, 4.69) is 5.32 Å². The number of nitro benzene ring substituents is 1. The number of amides is 2. The lowest BCUT2D eigenvalue weighted by Crippen LogP contribution is -2.38. The summed E-state index contributed by atoms with van der Waals surface area (Å²) in [6.45, 7) is 2.21. The first-order chi connectivity index (χ1) is 14.0. The van der Waals surface area contributed by atoms with Gasteiger partial charge in [-0.25, -0.2) is 9.18 Å². The number of benzene rings is 3. The molecule has 6 nitrogen and oxygen atoms in total. The van der Waals surface area contributed by atoms with Gasteiger partial charge < -0.3 is 10.2 Å². The van der Waals surface area contributed by atoms with Crippen LogP contribution < -0.4 is 5.32 Å². The maximum absolute atomic E-state index is 13.4. The molecule has 0 saturated heterocycles. The summed E-state index contributed by atoms with van der Waals surface area (Å²) in [5.41, 5.74) is 1.85. The smallest absolute Gasteiger partial charge is 0.314 e. The van der Waals surface area contributed by atoms with Gasteiger partial charge in [0, 0.05) is 24.4 Å². The fourth-order valence-electron chi connectivity index (χ4n) is 3.17. The fraction of sp³-hybridized carbons (Fsp3) is 0.136. The summed E-state index contributed by atoms with van der Waals surface area (Å²) in [5, 5.41) is 13.7. The summed E-state index contributed by atoms with van der Waals surface area (Å²) in [4.78, 5) is 25.1. The van der Waals surface area contributed by atoms with E-state index in [1.165, 1.54) is 30.3 Å². The zero-order valence-electron chi connectivity index (χ0n) is 15.8. The van der Waals surface area contributed by atoms with E-state index in [1.807, 2.05) is 37.3 Å². The third kappa shape index (κ3) is 4.76. The summed E-state index contributed by atoms with van der Waals surface area (Å²) < 4.78 is 13.4. The van der Waals surface area contributed by atoms with Crippen molar-refractivity contribution in [1.82, 2.24) is 4.90 Å². The zero-order valence-corrected chi connectivity index (χ0v) is 15.8. The molecule has 0 aliphatic carbocycles. The molecule has 1 unspecified atom stereocenters. The molecule has 0 heterocycles. The van der Waals surface area contributed by atoms with Gasteiger partial charge in [-0.05, 0) is 36.2 Å². The number of non-ortho nitro benzene ring substituents is 1. The first-order valence-corrected chi connectivity index (χ1v) is 9.12. The standard InChI is InChI=1S/C22H20FN3O3/c1-2-25(22(27)24-19-9-6-10-20(15-19)26(28)29)21(16-7-4-3-5-8-16)17-11-13-18(23)14-12-17/h3-15,21H,2H2,1H3,(H,24,27). The van der Waals surface area contributed by atoms with Gasteiger partial charge in [-0.1, -0.05) is 48.5 Å². The van der Waals surface area contributed by atoms with Gasteiger partial charge in [-0.3, -0.25) is 10.1 Å². The Kier molecular flexibility index (Phi) is 6.19. The minimum atomic E-state index is -0.515. The zero-order chi connectivity index (χ0) is 20.8. The summed E-state index contributed by atoms with van der Waals surface area (Å²) in [6.07, 6.45) is 0. The van der Waals surface area contributed by atoms with Gasteiger partial charge >= 0.3 is 6.03 Å². The molecule has 148 valence electrons. The molecule has 0 aromatic heterocycles. The predicted molar refractivity (Wildman–Crippen MR) is 109 cm³/mol. The van der Waals surface area contributed by atoms with E-state index in [4.69, 9.17) is 0 Å². The van der Waals surface area contributed by atoms with Crippen LogP contribution >= 0.6 is 0 Å². The second-order valence-electron chi connectivity index (χ2n) is 6.39. The third-order valence-corrected chi connectivity index (χ3v) is 4.52. The Bertz CT molecular complexity index is 994. The van der Waals surface area contributed by atoms with Crippen molar-refractivity contribution >= 4 is 17.4 Å². The summed E-state index contributed by atoms with van der Waals surface area (Å²) >= 11 is 0. The molecule has 1 atom stereocenters. The summed E-state index contributed by atoms with van der Waals surface area (Å²) in [7, 11) is 0. The number of nitrogens with one attached hydrogen (secondary N) is 1. The van der Waals surface area contributed by atoms with Crippen LogP contribution in [0.15, 0.2) is 78.9 Å². The van der Waals surface area contributed by atoms with E-state index in [9.17, 15) is 19.3 Å². The Morgan fingerprint density at radius 2 is 1.69 bits per heavy atom. The number of carbonyl (C=O) groups is 1. The number of nitro groups is 1. The molecule has 0 fully saturated rings. The maximum Gasteiger partial charge on any atom is 0.322 e. The van der Waals surface area contributed by atoms with Crippen LogP contribution in [0.1, 0.15) is 24.1 Å². The van der Waals surface area contributed by atoms with Crippen LogP contribution in [-0.4, -0.2) is 22.4 Å². The normalized spacial score (nSPS) is 11.5. The molecule has 0 aliphatic rings. The van der Waals surface area contributed by atoms with Crippen LogP contribution in [0.4, 0.5) is 20.6 Å². The quantitative estimate of drug-likeness (QED) is 0.451. The first kappa shape index (κ1) is 20.0. The fourth-order valence-corrected chi connectivity index (χ4v) is 3.17. The molecule has 3 aromatic rings. The van der Waals surface area contributed by atoms with Gasteiger partial charge in [-0.2, -0.15) is 0 Å². The second-order valence-corrected chi connectivity index (χ2v) is 6.39. The van der Waals surface area contributed by atoms with Crippen molar-refractivity contribution in [2.45, 2.75) is 13.0 Å². The highest BCUT2D eigenvalue weighted by Gasteiger charge is 2.26. The average Bonchev–Trinajstić information content (AvgIpc) is 2.73. The van der Waals surface area contributed by atoms with Gasteiger partial charge in [0.25, 0.3) is 5.69 Å². The van der Waals surface area contributed by atoms with E-state index >= 15 is 0 Å². The van der Waals surface area contributed by atoms with Crippen LogP contribution in [-0.2, 0) is 0 Å². The van der Waals surface area contributed by atoms with Crippen LogP contribution in [0.25, 0.3) is 0 Å². The molecule has 0 radical (unpaired) electrons. The minimum absolute atomic E-state index is 0.107. The molecule has 3 aromatic carbocycles. The van der Waals surface area contributed by atoms with E-state index in [0.29, 0.717) is 12.2 Å². The van der Waals surface area contributed by atoms with E-state index in [1.54, 1.807) is 23.1 Å². The topological polar surface area (TPSA) is 75.5 Å². The van der Waals surface area contributed by atoms with Gasteiger partial charge in [-0.15, -0.1) is 0 Å². The Morgan fingerprint density at radius 3 is 2.31 bits per heavy atom. The van der Waals surface area contributed by atoms with Crippen molar-refractivity contribution < 1.29 is 14.1 Å². The monoisotopic (exact) mass is 393 g/mol. The lowest BCUT2D eigenvalue weighted by molar-refractivity contribution is -0.384. The van der Waals surface area contributed by atoms with E-state index in [0.717, 1.165) is 11.1 Å². The Hall–Kier alpha value is -3.74. The Labute approximate surface area is 167 Å². The molecule has 0 saturated carbocycles. The molecule has 3 rings (SSSR count). The highest BCUT2D eigenvalue weighted by molar-refractivity contribution is 5.90. The lowest BCUT2D eigenvalue weighted by atomic mass is 9.97. The summed E-state index contributed by atoms with van der Waals surface area (Å²) in [6, 6.07) is 20.4. The molecular formula is C22H20FN3O3. The predicted octanol–water partition coefficient (Wildman–Crippen LogP) is 5.38. The van der Waals surface area contributed by atoms with E-state index < -0.39 is 17.0 Å². The molecule has 2 amide bonds. The number of nitrogens with zero attached hydrogens (tertiary/aromatic N) is 2. The summed E-state index contributed by atoms with van der Waals surface area (Å²) in [5.74, 6) is -0.357. The largest absolute Gasteiger partial charge is 0.322 e. The number of carbonyl (C=O) groups excluding carboxylic acids is 1. The second kappa shape index (κ2) is 8.97. The molecular weight excluding hydrogens is 373 g/mol. The number of hydrogen-bond donors (Lipinski definition) is 1. The third-order valence-electron chi connectivity index (χ3n) is 4.52. The molecule has 7 heteroatoms. The van der Waals surface area contributed by atoms with Crippen LogP contribution in [0.5, 0.6) is 0 Å². The number of anilines is 1. The Morgan fingerprint density at radius 1 is 1.03 bits per heavy atom. The van der Waals surface area contributed by atoms with E-state index in [-0.39, 0.29) is 11.5 Å². The van der Waals surface area contributed by atoms with Crippen LogP contribution in [0, 0.1) is 15.9 Å². The lowest BCUT2D eigenvalue weighted by Gasteiger charge is -2.32. The number of rotatable bonds is 6. The maximum atomic E-state index is 13.4. The molecule has 0 spiro atoms. The molecule has 0 aliphatic heterocycles. The van der Waals surface area contributed by atoms with Crippen molar-refractivity contribution in [3.63, 3.8) is 0 Å². The van der Waals surface area contributed by atoms with Crippen molar-refractivity contribution in [3.8, 4) is 0 Å². The molecule has 0 bridgehead atoms. The minimum Gasteiger partial charge on any atom is -0.314 e. The molecule has 29 heavy (non-hydrogen) atoms. The highest BCUT2D eigenvalue weighted by atomic mass is 19.1. The van der Waals surface area contributed by atoms with Gasteiger partial charge in [0.05, 0.1) is 11.0 Å². The number of halogens is 1. The van der Waals surface area contributed by atoms with Crippen molar-refractivity contribution in [1.29, 1.82) is 0 Å². The van der Waals surface area contributed by atoms with Crippen molar-refractivity contribution in [3.05, 3.63) is 106 Å². The number of hydrogen-bond acceptors (Lipinski definition) is 3. The highest BCUT2D eigenvalue weighted by Crippen LogP contribution is 2.29. The first-order valence-electron chi connectivity index (χ1n) is 9.12. The SMILES string of the molecule is CCN(C(=O)Nc1cccc([N+](=O)[O-])c1)C(c1ccccc1)c1ccc(F)cc1.